The van der Waals surface area contributed by atoms with Crippen LogP contribution < -0.4 is 4.74 Å². The van der Waals surface area contributed by atoms with Gasteiger partial charge in [0.05, 0.1) is 12.7 Å². The summed E-state index contributed by atoms with van der Waals surface area (Å²) in [4.78, 5) is 37.2. The van der Waals surface area contributed by atoms with Crippen molar-refractivity contribution in [1.82, 2.24) is 0 Å². The molecule has 0 saturated heterocycles. The molecule has 4 rings (SSSR count). The van der Waals surface area contributed by atoms with Gasteiger partial charge in [0.2, 0.25) is 0 Å². The largest absolute Gasteiger partial charge is 0.483 e. The summed E-state index contributed by atoms with van der Waals surface area (Å²) < 4.78 is 10.8. The molecular weight excluding hydrogens is 440 g/mol. The van der Waals surface area contributed by atoms with E-state index in [4.69, 9.17) is 4.74 Å². The lowest BCUT2D eigenvalue weighted by Crippen LogP contribution is -2.29. The zero-order valence-corrected chi connectivity index (χ0v) is 20.4. The number of ketones is 2. The molecule has 0 fully saturated rings. The van der Waals surface area contributed by atoms with Gasteiger partial charge in [-0.1, -0.05) is 42.0 Å². The number of ether oxygens (including phenoxy) is 2. The number of rotatable bonds is 7. The fraction of sp³-hybridized carbons (Fsp3) is 0.233. The molecule has 0 aliphatic carbocycles. The Hall–Kier alpha value is -3.99. The van der Waals surface area contributed by atoms with Crippen LogP contribution in [-0.4, -0.2) is 30.2 Å². The minimum absolute atomic E-state index is 0.0810. The van der Waals surface area contributed by atoms with Gasteiger partial charge in [0.1, 0.15) is 11.4 Å². The zero-order chi connectivity index (χ0) is 25.2. The monoisotopic (exact) mass is 468 g/mol. The number of hydrogen-bond acceptors (Lipinski definition) is 5. The van der Waals surface area contributed by atoms with E-state index in [1.54, 1.807) is 30.3 Å². The van der Waals surface area contributed by atoms with E-state index < -0.39 is 11.6 Å². The molecule has 0 N–H and O–H groups in total. The normalized spacial score (nSPS) is 13.8. The molecule has 3 aromatic rings. The molecule has 3 aromatic carbocycles. The highest BCUT2D eigenvalue weighted by atomic mass is 16.5. The van der Waals surface area contributed by atoms with Gasteiger partial charge in [0.15, 0.2) is 11.6 Å². The standard InChI is InChI=1S/C30H28O5/c1-19-5-7-20(8-6-19)25-18-30(2,3)35-28-16-13-23(17-24(25)28)27(32)15-14-26(31)21-9-11-22(12-10-21)29(33)34-4/h5-13,16-18H,14-15H2,1-4H3. The number of hydrogen-bond donors (Lipinski definition) is 0. The Kier molecular flexibility index (Phi) is 6.70. The van der Waals surface area contributed by atoms with E-state index in [-0.39, 0.29) is 24.4 Å². The molecule has 0 atom stereocenters. The van der Waals surface area contributed by atoms with Gasteiger partial charge in [-0.15, -0.1) is 0 Å². The number of carbonyl (C=O) groups is 3. The Labute approximate surface area is 205 Å². The van der Waals surface area contributed by atoms with E-state index >= 15 is 0 Å². The highest BCUT2D eigenvalue weighted by Gasteiger charge is 2.28. The van der Waals surface area contributed by atoms with Gasteiger partial charge in [-0.05, 0) is 68.3 Å². The van der Waals surface area contributed by atoms with Crippen molar-refractivity contribution in [3.63, 3.8) is 0 Å². The van der Waals surface area contributed by atoms with E-state index in [1.165, 1.54) is 12.7 Å². The molecule has 0 saturated carbocycles. The number of fused-ring (bicyclic) bond motifs is 1. The summed E-state index contributed by atoms with van der Waals surface area (Å²) in [6, 6.07) is 20.0. The summed E-state index contributed by atoms with van der Waals surface area (Å²) in [5, 5.41) is 0. The van der Waals surface area contributed by atoms with Crippen LogP contribution in [0.15, 0.2) is 72.8 Å². The van der Waals surface area contributed by atoms with Gasteiger partial charge < -0.3 is 9.47 Å². The van der Waals surface area contributed by atoms with Crippen molar-refractivity contribution in [2.75, 3.05) is 7.11 Å². The molecule has 0 bridgehead atoms. The SMILES string of the molecule is COC(=O)c1ccc(C(=O)CCC(=O)c2ccc3c(c2)C(c2ccc(C)cc2)=CC(C)(C)O3)cc1. The molecule has 0 spiro atoms. The van der Waals surface area contributed by atoms with E-state index in [0.717, 1.165) is 22.4 Å². The van der Waals surface area contributed by atoms with Crippen LogP contribution in [0.2, 0.25) is 0 Å². The zero-order valence-electron chi connectivity index (χ0n) is 20.4. The predicted octanol–water partition coefficient (Wildman–Crippen LogP) is 6.23. The first-order valence-electron chi connectivity index (χ1n) is 11.5. The maximum absolute atomic E-state index is 13.0. The molecule has 178 valence electrons. The van der Waals surface area contributed by atoms with E-state index in [0.29, 0.717) is 16.7 Å². The summed E-state index contributed by atoms with van der Waals surface area (Å²) in [5.74, 6) is 0.00266. The molecule has 5 heteroatoms. The number of benzene rings is 3. The minimum Gasteiger partial charge on any atom is -0.483 e. The first-order valence-corrected chi connectivity index (χ1v) is 11.5. The van der Waals surface area contributed by atoms with Crippen LogP contribution in [0.25, 0.3) is 5.57 Å². The second-order valence-electron chi connectivity index (χ2n) is 9.26. The van der Waals surface area contributed by atoms with Crippen LogP contribution in [0, 0.1) is 6.92 Å². The Bertz CT molecular complexity index is 1310. The summed E-state index contributed by atoms with van der Waals surface area (Å²) >= 11 is 0. The van der Waals surface area contributed by atoms with Crippen LogP contribution in [0.1, 0.15) is 74.5 Å². The highest BCUT2D eigenvalue weighted by molar-refractivity contribution is 6.03. The Morgan fingerprint density at radius 2 is 1.37 bits per heavy atom. The van der Waals surface area contributed by atoms with Crippen molar-refractivity contribution in [3.05, 3.63) is 106 Å². The van der Waals surface area contributed by atoms with Gasteiger partial charge in [-0.3, -0.25) is 9.59 Å². The van der Waals surface area contributed by atoms with Crippen LogP contribution in [0.3, 0.4) is 0 Å². The van der Waals surface area contributed by atoms with Gasteiger partial charge in [0, 0.05) is 29.5 Å². The van der Waals surface area contributed by atoms with Crippen molar-refractivity contribution in [1.29, 1.82) is 0 Å². The lowest BCUT2D eigenvalue weighted by atomic mass is 9.88. The molecule has 0 aromatic heterocycles. The molecular formula is C30H28O5. The molecule has 1 aliphatic heterocycles. The Morgan fingerprint density at radius 1 is 0.800 bits per heavy atom. The van der Waals surface area contributed by atoms with Crippen molar-refractivity contribution >= 4 is 23.1 Å². The predicted molar refractivity (Wildman–Crippen MR) is 135 cm³/mol. The third-order valence-electron chi connectivity index (χ3n) is 6.03. The highest BCUT2D eigenvalue weighted by Crippen LogP contribution is 2.40. The Morgan fingerprint density at radius 3 is 2.00 bits per heavy atom. The number of Topliss-reactive ketones (excluding diaryl/α,β-unsaturated/α-hetero) is 2. The van der Waals surface area contributed by atoms with Crippen molar-refractivity contribution < 1.29 is 23.9 Å². The summed E-state index contributed by atoms with van der Waals surface area (Å²) in [5.41, 5.74) is 5.01. The quantitative estimate of drug-likeness (QED) is 0.304. The first kappa shape index (κ1) is 24.1. The lowest BCUT2D eigenvalue weighted by Gasteiger charge is -2.31. The number of methoxy groups -OCH3 is 1. The third-order valence-corrected chi connectivity index (χ3v) is 6.03. The lowest BCUT2D eigenvalue weighted by molar-refractivity contribution is 0.0600. The maximum Gasteiger partial charge on any atom is 0.337 e. The first-order chi connectivity index (χ1) is 16.7. The smallest absolute Gasteiger partial charge is 0.337 e. The van der Waals surface area contributed by atoms with Crippen LogP contribution >= 0.6 is 0 Å². The van der Waals surface area contributed by atoms with Crippen molar-refractivity contribution in [2.24, 2.45) is 0 Å². The van der Waals surface area contributed by atoms with Gasteiger partial charge in [-0.2, -0.15) is 0 Å². The van der Waals surface area contributed by atoms with Crippen molar-refractivity contribution in [2.45, 2.75) is 39.2 Å². The van der Waals surface area contributed by atoms with Crippen LogP contribution in [0.5, 0.6) is 5.75 Å². The minimum atomic E-state index is -0.478. The maximum atomic E-state index is 13.0. The molecule has 1 aliphatic rings. The molecule has 0 unspecified atom stereocenters. The molecule has 0 amide bonds. The number of aryl methyl sites for hydroxylation is 1. The molecule has 0 radical (unpaired) electrons. The van der Waals surface area contributed by atoms with Crippen LogP contribution in [-0.2, 0) is 4.74 Å². The van der Waals surface area contributed by atoms with E-state index in [9.17, 15) is 14.4 Å². The van der Waals surface area contributed by atoms with E-state index in [2.05, 4.69) is 35.1 Å². The summed E-state index contributed by atoms with van der Waals surface area (Å²) in [7, 11) is 1.31. The fourth-order valence-corrected chi connectivity index (χ4v) is 4.14. The summed E-state index contributed by atoms with van der Waals surface area (Å²) in [6.07, 6.45) is 2.25. The second-order valence-corrected chi connectivity index (χ2v) is 9.26. The molecule has 5 nitrogen and oxygen atoms in total. The fourth-order valence-electron chi connectivity index (χ4n) is 4.14. The topological polar surface area (TPSA) is 69.7 Å². The van der Waals surface area contributed by atoms with Gasteiger partial charge in [-0.25, -0.2) is 4.79 Å². The average molecular weight is 469 g/mol. The second kappa shape index (κ2) is 9.71. The number of carbonyl (C=O) groups excluding carboxylic acids is 3. The molecule has 1 heterocycles. The average Bonchev–Trinajstić information content (AvgIpc) is 2.86. The van der Waals surface area contributed by atoms with Crippen LogP contribution in [0.4, 0.5) is 0 Å². The summed E-state index contributed by atoms with van der Waals surface area (Å²) in [6.45, 7) is 6.06. The van der Waals surface area contributed by atoms with Gasteiger partial charge in [0.25, 0.3) is 0 Å². The molecule has 35 heavy (non-hydrogen) atoms. The van der Waals surface area contributed by atoms with Gasteiger partial charge >= 0.3 is 5.97 Å². The number of esters is 1. The third kappa shape index (κ3) is 5.40. The Balaban J connectivity index is 1.52. The van der Waals surface area contributed by atoms with Crippen molar-refractivity contribution in [3.8, 4) is 5.75 Å². The van der Waals surface area contributed by atoms with E-state index in [1.807, 2.05) is 32.9 Å².